The van der Waals surface area contributed by atoms with Crippen LogP contribution in [0.2, 0.25) is 0 Å². The van der Waals surface area contributed by atoms with Crippen LogP contribution in [0, 0.1) is 6.92 Å². The highest BCUT2D eigenvalue weighted by Crippen LogP contribution is 2.38. The Morgan fingerprint density at radius 2 is 1.90 bits per heavy atom. The van der Waals surface area contributed by atoms with E-state index >= 15 is 0 Å². The highest BCUT2D eigenvalue weighted by molar-refractivity contribution is 6.13. The smallest absolute Gasteiger partial charge is 0.270 e. The summed E-state index contributed by atoms with van der Waals surface area (Å²) in [7, 11) is 0. The highest BCUT2D eigenvalue weighted by Gasteiger charge is 2.44. The molecule has 2 aliphatic heterocycles. The number of piperidine rings is 1. The molecule has 1 amide bonds. The number of H-pyrrole nitrogens is 1. The minimum atomic E-state index is -0.449. The topological polar surface area (TPSA) is 88.4 Å². The van der Waals surface area contributed by atoms with E-state index in [-0.39, 0.29) is 23.8 Å². The van der Waals surface area contributed by atoms with Crippen molar-refractivity contribution in [1.29, 1.82) is 0 Å². The first-order chi connectivity index (χ1) is 15.1. The van der Waals surface area contributed by atoms with Gasteiger partial charge in [-0.25, -0.2) is 0 Å². The van der Waals surface area contributed by atoms with Crippen molar-refractivity contribution in [3.63, 3.8) is 0 Å². The van der Waals surface area contributed by atoms with Crippen LogP contribution in [0.5, 0.6) is 0 Å². The van der Waals surface area contributed by atoms with Crippen LogP contribution in [0.1, 0.15) is 57.9 Å². The maximum absolute atomic E-state index is 13.3. The first-order valence-electron chi connectivity index (χ1n) is 10.4. The molecule has 0 spiro atoms. The van der Waals surface area contributed by atoms with Gasteiger partial charge in [0.15, 0.2) is 5.78 Å². The number of nitrogens with one attached hydrogen (secondary N) is 1. The molecule has 3 atom stereocenters. The van der Waals surface area contributed by atoms with E-state index in [2.05, 4.69) is 15.1 Å². The first-order valence-corrected chi connectivity index (χ1v) is 10.4. The van der Waals surface area contributed by atoms with Crippen molar-refractivity contribution in [2.24, 2.45) is 0 Å². The third-order valence-electron chi connectivity index (χ3n) is 6.36. The lowest BCUT2D eigenvalue weighted by Gasteiger charge is -2.37. The summed E-state index contributed by atoms with van der Waals surface area (Å²) in [6.45, 7) is 1.69. The molecule has 2 bridgehead atoms. The second-order valence-electron chi connectivity index (χ2n) is 8.24. The number of amides is 1. The molecule has 2 aliphatic rings. The SMILES string of the molecule is Cc1onc(-c2ccccc2)c1C(=O)c1c[nH]c(C(=O)N2[C@@H]3CC[C@H]2CC(OF)C3)c1. The van der Waals surface area contributed by atoms with Crippen LogP contribution in [-0.2, 0) is 4.94 Å². The molecule has 2 fully saturated rings. The van der Waals surface area contributed by atoms with Gasteiger partial charge in [0.25, 0.3) is 5.91 Å². The van der Waals surface area contributed by atoms with Crippen molar-refractivity contribution < 1.29 is 23.6 Å². The summed E-state index contributed by atoms with van der Waals surface area (Å²) in [5.41, 5.74) is 2.34. The fraction of sp³-hybridized carbons (Fsp3) is 0.348. The fourth-order valence-electron chi connectivity index (χ4n) is 4.90. The molecule has 7 nitrogen and oxygen atoms in total. The molecular weight excluding hydrogens is 401 g/mol. The third-order valence-corrected chi connectivity index (χ3v) is 6.36. The Hall–Kier alpha value is -3.26. The van der Waals surface area contributed by atoms with E-state index < -0.39 is 6.10 Å². The molecule has 160 valence electrons. The largest absolute Gasteiger partial charge is 0.360 e. The van der Waals surface area contributed by atoms with Crippen molar-refractivity contribution >= 4 is 11.7 Å². The molecule has 8 heteroatoms. The van der Waals surface area contributed by atoms with Gasteiger partial charge in [-0.1, -0.05) is 35.5 Å². The molecular formula is C23H22FN3O4. The standard InChI is InChI=1S/C23H22FN3O4/c1-13-20(21(26-31-13)14-5-3-2-4-6-14)22(28)15-9-19(25-12-15)23(29)27-16-7-8-17(27)11-18(10-16)30-24/h2-6,9,12,16-18,25H,7-8,10-11H2,1H3/t16-,17+,18?. The van der Waals surface area contributed by atoms with E-state index in [1.54, 1.807) is 13.0 Å². The molecule has 0 aliphatic carbocycles. The number of nitrogens with zero attached hydrogens (tertiary/aromatic N) is 2. The van der Waals surface area contributed by atoms with E-state index in [4.69, 9.17) is 4.52 Å². The maximum atomic E-state index is 13.3. The maximum Gasteiger partial charge on any atom is 0.270 e. The summed E-state index contributed by atoms with van der Waals surface area (Å²) in [6, 6.07) is 10.8. The zero-order valence-electron chi connectivity index (χ0n) is 17.0. The Morgan fingerprint density at radius 1 is 1.19 bits per heavy atom. The molecule has 4 heterocycles. The van der Waals surface area contributed by atoms with Gasteiger partial charge in [0, 0.05) is 29.4 Å². The lowest BCUT2D eigenvalue weighted by Crippen LogP contribution is -2.48. The number of hydrogen-bond donors (Lipinski definition) is 1. The first kappa shape index (κ1) is 19.7. The van der Waals surface area contributed by atoms with Gasteiger partial charge in [-0.2, -0.15) is 4.94 Å². The van der Waals surface area contributed by atoms with Gasteiger partial charge < -0.3 is 14.4 Å². The number of rotatable bonds is 5. The van der Waals surface area contributed by atoms with Gasteiger partial charge in [-0.15, -0.1) is 0 Å². The van der Waals surface area contributed by atoms with E-state index in [0.29, 0.717) is 41.1 Å². The monoisotopic (exact) mass is 423 g/mol. The van der Waals surface area contributed by atoms with Crippen LogP contribution >= 0.6 is 0 Å². The Morgan fingerprint density at radius 3 is 2.58 bits per heavy atom. The van der Waals surface area contributed by atoms with Crippen LogP contribution in [0.25, 0.3) is 11.3 Å². The number of fused-ring (bicyclic) bond motifs is 2. The quantitative estimate of drug-likeness (QED) is 0.620. The average Bonchev–Trinajstić information content (AvgIpc) is 3.50. The van der Waals surface area contributed by atoms with Gasteiger partial charge in [-0.05, 0) is 43.2 Å². The van der Waals surface area contributed by atoms with Gasteiger partial charge in [-0.3, -0.25) is 9.59 Å². The normalized spacial score (nSPS) is 22.6. The lowest BCUT2D eigenvalue weighted by molar-refractivity contribution is -0.195. The molecule has 2 saturated heterocycles. The molecule has 2 aromatic heterocycles. The second kappa shape index (κ2) is 7.77. The fourth-order valence-corrected chi connectivity index (χ4v) is 4.90. The number of benzene rings is 1. The zero-order valence-corrected chi connectivity index (χ0v) is 17.0. The predicted molar refractivity (Wildman–Crippen MR) is 109 cm³/mol. The number of aryl methyl sites for hydroxylation is 1. The van der Waals surface area contributed by atoms with Crippen LogP contribution in [0.3, 0.4) is 0 Å². The Labute approximate surface area is 178 Å². The second-order valence-corrected chi connectivity index (χ2v) is 8.24. The summed E-state index contributed by atoms with van der Waals surface area (Å²) in [5.74, 6) is -0.0149. The lowest BCUT2D eigenvalue weighted by atomic mass is 9.98. The molecule has 0 saturated carbocycles. The van der Waals surface area contributed by atoms with Crippen molar-refractivity contribution in [3.05, 3.63) is 65.2 Å². The van der Waals surface area contributed by atoms with E-state index in [1.165, 1.54) is 6.20 Å². The average molecular weight is 423 g/mol. The Bertz CT molecular complexity index is 1110. The van der Waals surface area contributed by atoms with Crippen LogP contribution in [-0.4, -0.2) is 44.9 Å². The summed E-state index contributed by atoms with van der Waals surface area (Å²) in [6.07, 6.45) is 3.75. The van der Waals surface area contributed by atoms with E-state index in [1.807, 2.05) is 35.2 Å². The van der Waals surface area contributed by atoms with E-state index in [0.717, 1.165) is 18.4 Å². The minimum Gasteiger partial charge on any atom is -0.360 e. The van der Waals surface area contributed by atoms with E-state index in [9.17, 15) is 14.1 Å². The van der Waals surface area contributed by atoms with Crippen molar-refractivity contribution in [1.82, 2.24) is 15.0 Å². The molecule has 1 aromatic carbocycles. The molecule has 3 aromatic rings. The van der Waals surface area contributed by atoms with Gasteiger partial charge >= 0.3 is 0 Å². The zero-order chi connectivity index (χ0) is 21.5. The number of aromatic nitrogens is 2. The minimum absolute atomic E-state index is 0.0422. The van der Waals surface area contributed by atoms with Crippen molar-refractivity contribution in [2.75, 3.05) is 0 Å². The molecule has 5 rings (SSSR count). The summed E-state index contributed by atoms with van der Waals surface area (Å²) in [5, 5.41) is 4.07. The number of carbonyl (C=O) groups excluding carboxylic acids is 2. The highest BCUT2D eigenvalue weighted by atomic mass is 19.3. The summed E-state index contributed by atoms with van der Waals surface area (Å²) >= 11 is 0. The number of aromatic amines is 1. The van der Waals surface area contributed by atoms with Gasteiger partial charge in [0.2, 0.25) is 0 Å². The predicted octanol–water partition coefficient (Wildman–Crippen LogP) is 4.25. The molecule has 1 N–H and O–H groups in total. The van der Waals surface area contributed by atoms with Crippen molar-refractivity contribution in [3.8, 4) is 11.3 Å². The van der Waals surface area contributed by atoms with Crippen LogP contribution in [0.15, 0.2) is 47.1 Å². The van der Waals surface area contributed by atoms with Crippen LogP contribution in [0.4, 0.5) is 4.53 Å². The number of hydrogen-bond acceptors (Lipinski definition) is 5. The number of carbonyl (C=O) groups is 2. The van der Waals surface area contributed by atoms with Gasteiger partial charge in [0.1, 0.15) is 23.3 Å². The summed E-state index contributed by atoms with van der Waals surface area (Å²) < 4.78 is 18.0. The Kier molecular flexibility index (Phi) is 4.94. The third kappa shape index (κ3) is 3.37. The Balaban J connectivity index is 1.40. The number of halogens is 1. The van der Waals surface area contributed by atoms with Gasteiger partial charge in [0.05, 0.1) is 5.56 Å². The molecule has 1 unspecified atom stereocenters. The van der Waals surface area contributed by atoms with Crippen molar-refractivity contribution in [2.45, 2.75) is 50.8 Å². The number of ketones is 1. The molecule has 31 heavy (non-hydrogen) atoms. The summed E-state index contributed by atoms with van der Waals surface area (Å²) in [4.78, 5) is 35.2. The molecule has 0 radical (unpaired) electrons. The van der Waals surface area contributed by atoms with Crippen LogP contribution < -0.4 is 0 Å².